The van der Waals surface area contributed by atoms with Crippen molar-refractivity contribution >= 4 is 11.2 Å². The Hall–Kier alpha value is -2.37. The number of imidazole rings is 1. The van der Waals surface area contributed by atoms with Gasteiger partial charge in [0.2, 0.25) is 0 Å². The van der Waals surface area contributed by atoms with Gasteiger partial charge in [0, 0.05) is 11.8 Å². The maximum Gasteiger partial charge on any atom is 0.194 e. The van der Waals surface area contributed by atoms with Crippen LogP contribution in [-0.2, 0) is 0 Å². The monoisotopic (exact) mass is 249 g/mol. The van der Waals surface area contributed by atoms with Crippen molar-refractivity contribution in [3.8, 4) is 11.1 Å². The van der Waals surface area contributed by atoms with Crippen LogP contribution in [0.4, 0.5) is 13.2 Å². The number of hydrogen-bond donors (Lipinski definition) is 1. The molecule has 0 amide bonds. The summed E-state index contributed by atoms with van der Waals surface area (Å²) in [7, 11) is 0. The Balaban J connectivity index is 2.19. The first kappa shape index (κ1) is 10.8. The van der Waals surface area contributed by atoms with E-state index in [9.17, 15) is 13.2 Å². The first-order chi connectivity index (χ1) is 8.65. The predicted octanol–water partition coefficient (Wildman–Crippen LogP) is 3.04. The Morgan fingerprint density at radius 2 is 1.61 bits per heavy atom. The summed E-state index contributed by atoms with van der Waals surface area (Å²) < 4.78 is 39.1. The van der Waals surface area contributed by atoms with Crippen LogP contribution in [0.3, 0.4) is 0 Å². The average Bonchev–Trinajstić information content (AvgIpc) is 2.82. The zero-order chi connectivity index (χ0) is 12.7. The fourth-order valence-electron chi connectivity index (χ4n) is 1.71. The normalized spacial score (nSPS) is 11.1. The van der Waals surface area contributed by atoms with E-state index >= 15 is 0 Å². The Kier molecular flexibility index (Phi) is 2.29. The highest BCUT2D eigenvalue weighted by atomic mass is 19.2. The Labute approximate surface area is 99.3 Å². The number of pyridine rings is 1. The SMILES string of the molecule is Fc1cc(-c2cnc3nc[nH]c3c2)cc(F)c1F. The highest BCUT2D eigenvalue weighted by molar-refractivity contribution is 5.77. The van der Waals surface area contributed by atoms with Gasteiger partial charge in [-0.05, 0) is 23.8 Å². The van der Waals surface area contributed by atoms with E-state index in [1.165, 1.54) is 12.5 Å². The van der Waals surface area contributed by atoms with Crippen LogP contribution < -0.4 is 0 Å². The second-order valence-corrected chi connectivity index (χ2v) is 3.75. The van der Waals surface area contributed by atoms with Crippen LogP contribution in [0.5, 0.6) is 0 Å². The Morgan fingerprint density at radius 1 is 0.889 bits per heavy atom. The maximum absolute atomic E-state index is 13.1. The molecule has 0 aliphatic carbocycles. The molecule has 3 rings (SSSR count). The lowest BCUT2D eigenvalue weighted by Crippen LogP contribution is -1.92. The van der Waals surface area contributed by atoms with E-state index in [1.807, 2.05) is 0 Å². The quantitative estimate of drug-likeness (QED) is 0.673. The van der Waals surface area contributed by atoms with Gasteiger partial charge in [0.05, 0.1) is 11.8 Å². The van der Waals surface area contributed by atoms with Crippen LogP contribution in [0, 0.1) is 17.5 Å². The van der Waals surface area contributed by atoms with Gasteiger partial charge >= 0.3 is 0 Å². The van der Waals surface area contributed by atoms with E-state index in [4.69, 9.17) is 0 Å². The molecule has 1 aromatic carbocycles. The minimum absolute atomic E-state index is 0.218. The van der Waals surface area contributed by atoms with Crippen molar-refractivity contribution in [2.45, 2.75) is 0 Å². The third-order valence-corrected chi connectivity index (χ3v) is 2.59. The van der Waals surface area contributed by atoms with Gasteiger partial charge in [-0.2, -0.15) is 0 Å². The highest BCUT2D eigenvalue weighted by Gasteiger charge is 2.12. The van der Waals surface area contributed by atoms with Crippen LogP contribution in [0.25, 0.3) is 22.3 Å². The zero-order valence-electron chi connectivity index (χ0n) is 8.92. The van der Waals surface area contributed by atoms with E-state index < -0.39 is 17.5 Å². The summed E-state index contributed by atoms with van der Waals surface area (Å²) in [6.45, 7) is 0. The number of H-pyrrole nitrogens is 1. The first-order valence-corrected chi connectivity index (χ1v) is 5.09. The molecule has 0 saturated heterocycles. The Bertz CT molecular complexity index is 713. The predicted molar refractivity (Wildman–Crippen MR) is 59.2 cm³/mol. The lowest BCUT2D eigenvalue weighted by Gasteiger charge is -2.03. The van der Waals surface area contributed by atoms with Crippen molar-refractivity contribution in [1.82, 2.24) is 15.0 Å². The molecule has 3 nitrogen and oxygen atoms in total. The van der Waals surface area contributed by atoms with Gasteiger partial charge in [-0.1, -0.05) is 0 Å². The van der Waals surface area contributed by atoms with Gasteiger partial charge < -0.3 is 4.98 Å². The molecular formula is C12H6F3N3. The Morgan fingerprint density at radius 3 is 2.33 bits per heavy atom. The molecule has 0 spiro atoms. The zero-order valence-corrected chi connectivity index (χ0v) is 8.92. The van der Waals surface area contributed by atoms with Crippen LogP contribution in [-0.4, -0.2) is 15.0 Å². The molecule has 2 aromatic heterocycles. The average molecular weight is 249 g/mol. The van der Waals surface area contributed by atoms with Gasteiger partial charge in [-0.3, -0.25) is 0 Å². The molecule has 0 aliphatic rings. The fourth-order valence-corrected chi connectivity index (χ4v) is 1.71. The molecule has 1 N–H and O–H groups in total. The summed E-state index contributed by atoms with van der Waals surface area (Å²) in [5.41, 5.74) is 1.83. The molecule has 90 valence electrons. The third kappa shape index (κ3) is 1.62. The largest absolute Gasteiger partial charge is 0.343 e. The van der Waals surface area contributed by atoms with E-state index in [2.05, 4.69) is 15.0 Å². The number of aromatic nitrogens is 3. The van der Waals surface area contributed by atoms with Crippen LogP contribution in [0.1, 0.15) is 0 Å². The number of rotatable bonds is 1. The smallest absolute Gasteiger partial charge is 0.194 e. The second kappa shape index (κ2) is 3.83. The van der Waals surface area contributed by atoms with Crippen LogP contribution in [0.2, 0.25) is 0 Å². The number of hydrogen-bond acceptors (Lipinski definition) is 2. The minimum atomic E-state index is -1.48. The molecular weight excluding hydrogens is 243 g/mol. The fraction of sp³-hybridized carbons (Fsp3) is 0. The van der Waals surface area contributed by atoms with Crippen LogP contribution in [0.15, 0.2) is 30.7 Å². The van der Waals surface area contributed by atoms with Gasteiger partial charge in [0.15, 0.2) is 23.1 Å². The number of aromatic amines is 1. The van der Waals surface area contributed by atoms with E-state index in [0.29, 0.717) is 16.7 Å². The number of benzene rings is 1. The summed E-state index contributed by atoms with van der Waals surface area (Å²) in [5, 5.41) is 0. The summed E-state index contributed by atoms with van der Waals surface area (Å²) in [6, 6.07) is 3.50. The van der Waals surface area contributed by atoms with Crippen LogP contribution >= 0.6 is 0 Å². The third-order valence-electron chi connectivity index (χ3n) is 2.59. The van der Waals surface area contributed by atoms with Crippen molar-refractivity contribution in [3.05, 3.63) is 48.2 Å². The van der Waals surface area contributed by atoms with Gasteiger partial charge in [-0.15, -0.1) is 0 Å². The summed E-state index contributed by atoms with van der Waals surface area (Å²) in [6.07, 6.45) is 2.89. The van der Waals surface area contributed by atoms with Crippen molar-refractivity contribution in [2.24, 2.45) is 0 Å². The number of nitrogens with zero attached hydrogens (tertiary/aromatic N) is 2. The molecule has 2 heterocycles. The lowest BCUT2D eigenvalue weighted by molar-refractivity contribution is 0.447. The van der Waals surface area contributed by atoms with Gasteiger partial charge in [-0.25, -0.2) is 23.1 Å². The van der Waals surface area contributed by atoms with Gasteiger partial charge in [0.25, 0.3) is 0 Å². The molecule has 3 aromatic rings. The molecule has 0 saturated carbocycles. The summed E-state index contributed by atoms with van der Waals surface area (Å²) in [4.78, 5) is 10.8. The molecule has 6 heteroatoms. The standard InChI is InChI=1S/C12H6F3N3/c13-8-1-6(2-9(14)11(8)15)7-3-10-12(16-4-7)18-5-17-10/h1-5H,(H,16,17,18). The number of fused-ring (bicyclic) bond motifs is 1. The van der Waals surface area contributed by atoms with Gasteiger partial charge in [0.1, 0.15) is 0 Å². The molecule has 0 bridgehead atoms. The van der Waals surface area contributed by atoms with E-state index in [-0.39, 0.29) is 5.56 Å². The van der Waals surface area contributed by atoms with E-state index in [1.54, 1.807) is 6.07 Å². The molecule has 0 radical (unpaired) electrons. The first-order valence-electron chi connectivity index (χ1n) is 5.09. The second-order valence-electron chi connectivity index (χ2n) is 3.75. The lowest BCUT2D eigenvalue weighted by atomic mass is 10.1. The summed E-state index contributed by atoms with van der Waals surface area (Å²) >= 11 is 0. The van der Waals surface area contributed by atoms with E-state index in [0.717, 1.165) is 12.1 Å². The van der Waals surface area contributed by atoms with Crippen molar-refractivity contribution < 1.29 is 13.2 Å². The van der Waals surface area contributed by atoms with Crippen molar-refractivity contribution in [2.75, 3.05) is 0 Å². The number of nitrogens with one attached hydrogen (secondary N) is 1. The molecule has 0 aliphatic heterocycles. The van der Waals surface area contributed by atoms with Crippen molar-refractivity contribution in [3.63, 3.8) is 0 Å². The maximum atomic E-state index is 13.1. The summed E-state index contributed by atoms with van der Waals surface area (Å²) in [5.74, 6) is -3.93. The molecule has 18 heavy (non-hydrogen) atoms. The topological polar surface area (TPSA) is 41.6 Å². The van der Waals surface area contributed by atoms with Crippen molar-refractivity contribution in [1.29, 1.82) is 0 Å². The minimum Gasteiger partial charge on any atom is -0.343 e. The molecule has 0 fully saturated rings. The molecule has 0 atom stereocenters. The number of halogens is 3. The highest BCUT2D eigenvalue weighted by Crippen LogP contribution is 2.24. The molecule has 0 unspecified atom stereocenters.